The number of pyridine rings is 1. The molecule has 1 aliphatic heterocycles. The van der Waals surface area contributed by atoms with E-state index >= 15 is 0 Å². The number of aryl methyl sites for hydroxylation is 1. The molecule has 8 nitrogen and oxygen atoms in total. The SMILES string of the molecule is Cc1noc2ncc(C(=O)N3CCCN(c4cccnn4)CC3)cc12. The van der Waals surface area contributed by atoms with Gasteiger partial charge in [-0.05, 0) is 31.5 Å². The zero-order valence-electron chi connectivity index (χ0n) is 13.9. The molecule has 0 bridgehead atoms. The molecule has 0 saturated carbocycles. The lowest BCUT2D eigenvalue weighted by molar-refractivity contribution is 0.0767. The Morgan fingerprint density at radius 2 is 2.16 bits per heavy atom. The Hall–Kier alpha value is -3.03. The molecule has 4 rings (SSSR count). The highest BCUT2D eigenvalue weighted by Gasteiger charge is 2.22. The lowest BCUT2D eigenvalue weighted by atomic mass is 10.2. The minimum Gasteiger partial charge on any atom is -0.353 e. The molecule has 8 heteroatoms. The van der Waals surface area contributed by atoms with Gasteiger partial charge in [0.1, 0.15) is 0 Å². The topological polar surface area (TPSA) is 88.3 Å². The van der Waals surface area contributed by atoms with E-state index in [1.165, 1.54) is 0 Å². The molecule has 1 saturated heterocycles. The van der Waals surface area contributed by atoms with Gasteiger partial charge in [-0.2, -0.15) is 5.10 Å². The number of rotatable bonds is 2. The molecular formula is C17H18N6O2. The fraction of sp³-hybridized carbons (Fsp3) is 0.353. The molecule has 0 aliphatic carbocycles. The van der Waals surface area contributed by atoms with Crippen molar-refractivity contribution >= 4 is 22.8 Å². The van der Waals surface area contributed by atoms with Gasteiger partial charge in [0.2, 0.25) is 0 Å². The Bertz CT molecular complexity index is 895. The summed E-state index contributed by atoms with van der Waals surface area (Å²) in [4.78, 5) is 21.1. The summed E-state index contributed by atoms with van der Waals surface area (Å²) in [6.07, 6.45) is 4.10. The summed E-state index contributed by atoms with van der Waals surface area (Å²) < 4.78 is 5.11. The molecule has 0 radical (unpaired) electrons. The van der Waals surface area contributed by atoms with Crippen LogP contribution in [0.1, 0.15) is 22.5 Å². The fourth-order valence-corrected chi connectivity index (χ4v) is 3.06. The third-order valence-corrected chi connectivity index (χ3v) is 4.42. The molecular weight excluding hydrogens is 320 g/mol. The molecule has 128 valence electrons. The minimum atomic E-state index is -0.0176. The van der Waals surface area contributed by atoms with Crippen LogP contribution in [0.25, 0.3) is 11.1 Å². The van der Waals surface area contributed by atoms with Gasteiger partial charge in [0.15, 0.2) is 5.82 Å². The molecule has 3 aromatic rings. The normalized spacial score (nSPS) is 15.4. The van der Waals surface area contributed by atoms with Crippen molar-refractivity contribution in [2.75, 3.05) is 31.1 Å². The Balaban J connectivity index is 1.51. The number of carbonyl (C=O) groups excluding carboxylic acids is 1. The minimum absolute atomic E-state index is 0.0176. The summed E-state index contributed by atoms with van der Waals surface area (Å²) in [7, 11) is 0. The maximum absolute atomic E-state index is 12.9. The van der Waals surface area contributed by atoms with Crippen LogP contribution >= 0.6 is 0 Å². The van der Waals surface area contributed by atoms with Crippen LogP contribution in [0.5, 0.6) is 0 Å². The molecule has 4 heterocycles. The van der Waals surface area contributed by atoms with Crippen molar-refractivity contribution in [3.63, 3.8) is 0 Å². The highest BCUT2D eigenvalue weighted by atomic mass is 16.5. The second-order valence-electron chi connectivity index (χ2n) is 6.06. The standard InChI is InChI=1S/C17H18N6O2/c1-12-14-10-13(11-18-16(14)25-21-12)17(24)23-7-3-6-22(8-9-23)15-4-2-5-19-20-15/h2,4-5,10-11H,3,6-9H2,1H3. The molecule has 25 heavy (non-hydrogen) atoms. The van der Waals surface area contributed by atoms with Crippen molar-refractivity contribution < 1.29 is 9.32 Å². The fourth-order valence-electron chi connectivity index (χ4n) is 3.06. The Morgan fingerprint density at radius 1 is 1.24 bits per heavy atom. The zero-order valence-corrected chi connectivity index (χ0v) is 13.9. The Morgan fingerprint density at radius 3 is 3.00 bits per heavy atom. The van der Waals surface area contributed by atoms with Gasteiger partial charge in [-0.25, -0.2) is 4.98 Å². The summed E-state index contributed by atoms with van der Waals surface area (Å²) >= 11 is 0. The smallest absolute Gasteiger partial charge is 0.257 e. The van der Waals surface area contributed by atoms with E-state index in [9.17, 15) is 4.79 Å². The number of nitrogens with zero attached hydrogens (tertiary/aromatic N) is 6. The van der Waals surface area contributed by atoms with E-state index < -0.39 is 0 Å². The van der Waals surface area contributed by atoms with Crippen LogP contribution in [-0.2, 0) is 0 Å². The van der Waals surface area contributed by atoms with Crippen LogP contribution in [0.4, 0.5) is 5.82 Å². The number of aromatic nitrogens is 4. The van der Waals surface area contributed by atoms with Crippen molar-refractivity contribution in [3.05, 3.63) is 41.9 Å². The number of anilines is 1. The predicted octanol–water partition coefficient (Wildman–Crippen LogP) is 1.67. The average molecular weight is 338 g/mol. The van der Waals surface area contributed by atoms with E-state index in [-0.39, 0.29) is 5.91 Å². The quantitative estimate of drug-likeness (QED) is 0.702. The van der Waals surface area contributed by atoms with Crippen LogP contribution in [0.2, 0.25) is 0 Å². The number of carbonyl (C=O) groups is 1. The lowest BCUT2D eigenvalue weighted by Crippen LogP contribution is -2.35. The number of amides is 1. The van der Waals surface area contributed by atoms with Gasteiger partial charge < -0.3 is 14.3 Å². The van der Waals surface area contributed by atoms with Gasteiger partial charge in [0.25, 0.3) is 11.6 Å². The number of hydrogen-bond donors (Lipinski definition) is 0. The first-order chi connectivity index (χ1) is 12.2. The molecule has 1 aliphatic rings. The summed E-state index contributed by atoms with van der Waals surface area (Å²) in [5.74, 6) is 0.830. The molecule has 0 atom stereocenters. The van der Waals surface area contributed by atoms with Crippen molar-refractivity contribution in [2.24, 2.45) is 0 Å². The van der Waals surface area contributed by atoms with Gasteiger partial charge >= 0.3 is 0 Å². The molecule has 1 amide bonds. The summed E-state index contributed by atoms with van der Waals surface area (Å²) in [6, 6.07) is 5.62. The third-order valence-electron chi connectivity index (χ3n) is 4.42. The van der Waals surface area contributed by atoms with E-state index in [4.69, 9.17) is 4.52 Å². The molecule has 3 aromatic heterocycles. The van der Waals surface area contributed by atoms with Crippen LogP contribution in [0.3, 0.4) is 0 Å². The van der Waals surface area contributed by atoms with Crippen LogP contribution in [0.15, 0.2) is 35.1 Å². The first-order valence-electron chi connectivity index (χ1n) is 8.26. The average Bonchev–Trinajstić information content (AvgIpc) is 2.87. The zero-order chi connectivity index (χ0) is 17.2. The number of fused-ring (bicyclic) bond motifs is 1. The van der Waals surface area contributed by atoms with E-state index in [2.05, 4.69) is 25.2 Å². The van der Waals surface area contributed by atoms with Crippen molar-refractivity contribution in [1.29, 1.82) is 0 Å². The second-order valence-corrected chi connectivity index (χ2v) is 6.06. The van der Waals surface area contributed by atoms with Gasteiger partial charge in [-0.3, -0.25) is 4.79 Å². The van der Waals surface area contributed by atoms with E-state index in [1.54, 1.807) is 12.4 Å². The van der Waals surface area contributed by atoms with Gasteiger partial charge in [0.05, 0.1) is 16.6 Å². The van der Waals surface area contributed by atoms with Crippen LogP contribution in [0, 0.1) is 6.92 Å². The Kier molecular flexibility index (Phi) is 4.01. The van der Waals surface area contributed by atoms with Gasteiger partial charge in [-0.1, -0.05) is 5.16 Å². The third kappa shape index (κ3) is 3.02. The highest BCUT2D eigenvalue weighted by Crippen LogP contribution is 2.19. The van der Waals surface area contributed by atoms with E-state index in [1.807, 2.05) is 30.0 Å². The van der Waals surface area contributed by atoms with E-state index in [0.29, 0.717) is 24.4 Å². The molecule has 1 fully saturated rings. The first kappa shape index (κ1) is 15.5. The monoisotopic (exact) mass is 338 g/mol. The highest BCUT2D eigenvalue weighted by molar-refractivity contribution is 5.97. The summed E-state index contributed by atoms with van der Waals surface area (Å²) in [5, 5.41) is 12.7. The summed E-state index contributed by atoms with van der Waals surface area (Å²) in [5.41, 5.74) is 1.76. The molecule has 0 N–H and O–H groups in total. The first-order valence-corrected chi connectivity index (χ1v) is 8.26. The van der Waals surface area contributed by atoms with Crippen LogP contribution in [-0.4, -0.2) is 57.3 Å². The van der Waals surface area contributed by atoms with E-state index in [0.717, 1.165) is 36.4 Å². The largest absolute Gasteiger partial charge is 0.353 e. The number of hydrogen-bond acceptors (Lipinski definition) is 7. The van der Waals surface area contributed by atoms with Gasteiger partial charge in [-0.15, -0.1) is 5.10 Å². The molecule has 0 aromatic carbocycles. The maximum Gasteiger partial charge on any atom is 0.257 e. The molecule has 0 unspecified atom stereocenters. The van der Waals surface area contributed by atoms with Crippen molar-refractivity contribution in [2.45, 2.75) is 13.3 Å². The second kappa shape index (κ2) is 6.46. The van der Waals surface area contributed by atoms with Gasteiger partial charge in [0, 0.05) is 38.6 Å². The van der Waals surface area contributed by atoms with Crippen molar-refractivity contribution in [1.82, 2.24) is 25.2 Å². The predicted molar refractivity (Wildman–Crippen MR) is 91.3 cm³/mol. The lowest BCUT2D eigenvalue weighted by Gasteiger charge is -2.22. The van der Waals surface area contributed by atoms with Crippen molar-refractivity contribution in [3.8, 4) is 0 Å². The molecule has 0 spiro atoms. The summed E-state index contributed by atoms with van der Waals surface area (Å²) in [6.45, 7) is 4.76. The Labute approximate surface area is 144 Å². The maximum atomic E-state index is 12.9. The van der Waals surface area contributed by atoms with Crippen LogP contribution < -0.4 is 4.90 Å².